The summed E-state index contributed by atoms with van der Waals surface area (Å²) in [6, 6.07) is 15.6. The van der Waals surface area contributed by atoms with Gasteiger partial charge in [-0.1, -0.05) is 51.3 Å². The van der Waals surface area contributed by atoms with Crippen molar-refractivity contribution in [1.82, 2.24) is 9.97 Å². The Morgan fingerprint density at radius 3 is 2.34 bits per heavy atom. The van der Waals surface area contributed by atoms with Crippen molar-refractivity contribution in [1.29, 1.82) is 0 Å². The highest BCUT2D eigenvalue weighted by atomic mass is 32.2. The predicted octanol–water partition coefficient (Wildman–Crippen LogP) is 6.43. The smallest absolute Gasteiger partial charge is 0.278 e. The molecule has 0 radical (unpaired) electrons. The van der Waals surface area contributed by atoms with Gasteiger partial charge < -0.3 is 9.64 Å². The van der Waals surface area contributed by atoms with Gasteiger partial charge in [0.1, 0.15) is 0 Å². The molecule has 8 heteroatoms. The Bertz CT molecular complexity index is 1250. The summed E-state index contributed by atoms with van der Waals surface area (Å²) in [5.74, 6) is 1.57. The quantitative estimate of drug-likeness (QED) is 0.307. The monoisotopic (exact) mass is 495 g/mol. The van der Waals surface area contributed by atoms with E-state index in [9.17, 15) is 13.0 Å². The topological polar surface area (TPSA) is 92.6 Å². The first-order valence-electron chi connectivity index (χ1n) is 12.3. The SMILES string of the molecule is CCCCc1ccc2c(c1)N(CCC(CCCC)(c1ncccn1)S(=O)(=O)O)c1ccccc1O2. The number of unbranched alkanes of at least 4 members (excludes halogenated alkanes) is 2. The summed E-state index contributed by atoms with van der Waals surface area (Å²) in [4.78, 5) is 10.7. The van der Waals surface area contributed by atoms with Gasteiger partial charge in [-0.15, -0.1) is 0 Å². The van der Waals surface area contributed by atoms with Crippen LogP contribution in [0.3, 0.4) is 0 Å². The molecule has 35 heavy (non-hydrogen) atoms. The van der Waals surface area contributed by atoms with E-state index >= 15 is 0 Å². The lowest BCUT2D eigenvalue weighted by Crippen LogP contribution is -2.40. The number of rotatable bonds is 11. The van der Waals surface area contributed by atoms with Crippen LogP contribution in [0.1, 0.15) is 63.8 Å². The van der Waals surface area contributed by atoms with Crippen molar-refractivity contribution in [2.24, 2.45) is 0 Å². The van der Waals surface area contributed by atoms with Gasteiger partial charge in [-0.05, 0) is 61.6 Å². The number of nitrogens with zero attached hydrogens (tertiary/aromatic N) is 3. The van der Waals surface area contributed by atoms with E-state index in [0.717, 1.165) is 42.8 Å². The molecule has 0 amide bonds. The van der Waals surface area contributed by atoms with Crippen molar-refractivity contribution >= 4 is 21.5 Å². The van der Waals surface area contributed by atoms with E-state index in [0.29, 0.717) is 18.7 Å². The van der Waals surface area contributed by atoms with E-state index in [2.05, 4.69) is 33.9 Å². The van der Waals surface area contributed by atoms with Crippen LogP contribution in [-0.2, 0) is 21.3 Å². The number of hydrogen-bond donors (Lipinski definition) is 1. The van der Waals surface area contributed by atoms with Crippen LogP contribution in [0.15, 0.2) is 60.9 Å². The molecule has 1 N–H and O–H groups in total. The van der Waals surface area contributed by atoms with Crippen LogP contribution in [0.5, 0.6) is 11.5 Å². The van der Waals surface area contributed by atoms with Crippen LogP contribution in [-0.4, -0.2) is 29.5 Å². The lowest BCUT2D eigenvalue weighted by Gasteiger charge is -2.36. The van der Waals surface area contributed by atoms with Crippen molar-refractivity contribution in [2.45, 2.75) is 63.5 Å². The van der Waals surface area contributed by atoms with Gasteiger partial charge in [0.15, 0.2) is 22.1 Å². The molecule has 1 aliphatic heterocycles. The van der Waals surface area contributed by atoms with E-state index in [4.69, 9.17) is 4.74 Å². The molecule has 186 valence electrons. The second-order valence-electron chi connectivity index (χ2n) is 9.02. The molecule has 2 aromatic carbocycles. The number of ether oxygens (including phenoxy) is 1. The van der Waals surface area contributed by atoms with Gasteiger partial charge in [-0.3, -0.25) is 4.55 Å². The highest BCUT2D eigenvalue weighted by Crippen LogP contribution is 2.48. The van der Waals surface area contributed by atoms with Gasteiger partial charge in [-0.2, -0.15) is 8.42 Å². The van der Waals surface area contributed by atoms with Crippen LogP contribution >= 0.6 is 0 Å². The van der Waals surface area contributed by atoms with Crippen LogP contribution in [0.25, 0.3) is 0 Å². The second-order valence-corrected chi connectivity index (χ2v) is 10.8. The van der Waals surface area contributed by atoms with Crippen LogP contribution in [0.4, 0.5) is 11.4 Å². The fraction of sp³-hybridized carbons (Fsp3) is 0.407. The molecule has 0 spiro atoms. The summed E-state index contributed by atoms with van der Waals surface area (Å²) in [6.45, 7) is 4.50. The molecule has 0 fully saturated rings. The number of anilines is 2. The summed E-state index contributed by atoms with van der Waals surface area (Å²) in [7, 11) is -4.51. The summed E-state index contributed by atoms with van der Waals surface area (Å²) < 4.78 is 41.0. The molecule has 0 saturated heterocycles. The summed E-state index contributed by atoms with van der Waals surface area (Å²) >= 11 is 0. The predicted molar refractivity (Wildman–Crippen MR) is 138 cm³/mol. The van der Waals surface area contributed by atoms with Gasteiger partial charge in [0.05, 0.1) is 11.4 Å². The Kier molecular flexibility index (Phi) is 7.72. The third-order valence-corrected chi connectivity index (χ3v) is 8.23. The second kappa shape index (κ2) is 10.7. The molecule has 1 aliphatic rings. The highest BCUT2D eigenvalue weighted by molar-refractivity contribution is 7.86. The maximum atomic E-state index is 12.9. The van der Waals surface area contributed by atoms with Crippen LogP contribution in [0, 0.1) is 0 Å². The van der Waals surface area contributed by atoms with Crippen molar-refractivity contribution in [3.63, 3.8) is 0 Å². The van der Waals surface area contributed by atoms with Crippen LogP contribution < -0.4 is 9.64 Å². The minimum absolute atomic E-state index is 0.128. The molecule has 7 nitrogen and oxygen atoms in total. The van der Waals surface area contributed by atoms with Crippen molar-refractivity contribution in [2.75, 3.05) is 11.4 Å². The number of para-hydroxylation sites is 2. The Morgan fingerprint density at radius 2 is 1.63 bits per heavy atom. The molecule has 1 aromatic heterocycles. The molecule has 3 aromatic rings. The zero-order valence-corrected chi connectivity index (χ0v) is 21.2. The number of aryl methyl sites for hydroxylation is 1. The van der Waals surface area contributed by atoms with Gasteiger partial charge >= 0.3 is 0 Å². The molecule has 4 rings (SSSR count). The highest BCUT2D eigenvalue weighted by Gasteiger charge is 2.47. The first-order valence-corrected chi connectivity index (χ1v) is 13.8. The third kappa shape index (κ3) is 5.18. The third-order valence-electron chi connectivity index (χ3n) is 6.65. The summed E-state index contributed by atoms with van der Waals surface area (Å²) in [5, 5.41) is 0. The lowest BCUT2D eigenvalue weighted by atomic mass is 9.95. The Balaban J connectivity index is 1.76. The first-order chi connectivity index (χ1) is 16.9. The van der Waals surface area contributed by atoms with Gasteiger partial charge in [0.25, 0.3) is 10.1 Å². The van der Waals surface area contributed by atoms with Crippen molar-refractivity contribution in [3.8, 4) is 11.5 Å². The van der Waals surface area contributed by atoms with Crippen molar-refractivity contribution in [3.05, 3.63) is 72.3 Å². The summed E-state index contributed by atoms with van der Waals surface area (Å²) in [5.41, 5.74) is 2.96. The first kappa shape index (κ1) is 25.1. The van der Waals surface area contributed by atoms with E-state index in [1.807, 2.05) is 37.3 Å². The van der Waals surface area contributed by atoms with Gasteiger partial charge in [0.2, 0.25) is 0 Å². The molecular formula is C27H33N3O4S. The molecule has 2 heterocycles. The maximum Gasteiger partial charge on any atom is 0.278 e. The van der Waals surface area contributed by atoms with E-state index in [1.54, 1.807) is 6.07 Å². The maximum absolute atomic E-state index is 12.9. The van der Waals surface area contributed by atoms with E-state index < -0.39 is 14.9 Å². The van der Waals surface area contributed by atoms with E-state index in [1.165, 1.54) is 18.0 Å². The fourth-order valence-corrected chi connectivity index (χ4v) is 5.75. The number of aromatic nitrogens is 2. The zero-order chi connectivity index (χ0) is 24.9. The average Bonchev–Trinajstić information content (AvgIpc) is 2.86. The lowest BCUT2D eigenvalue weighted by molar-refractivity contribution is 0.378. The minimum atomic E-state index is -4.51. The normalized spacial score (nSPS) is 14.5. The van der Waals surface area contributed by atoms with Gasteiger partial charge in [-0.25, -0.2) is 9.97 Å². The molecule has 0 aliphatic carbocycles. The molecule has 1 atom stereocenters. The van der Waals surface area contributed by atoms with Gasteiger partial charge in [0, 0.05) is 18.9 Å². The standard InChI is InChI=1S/C27H33N3O4S/c1-3-5-10-21-13-14-25-23(20-21)30(22-11-7-8-12-24(22)34-25)19-16-27(15-6-4-2,35(31,32)33)26-28-17-9-18-29-26/h7-9,11-14,17-18,20H,3-6,10,15-16,19H2,1-2H3,(H,31,32,33). The largest absolute Gasteiger partial charge is 0.453 e. The number of hydrogen-bond acceptors (Lipinski definition) is 6. The minimum Gasteiger partial charge on any atom is -0.453 e. The Morgan fingerprint density at radius 1 is 0.914 bits per heavy atom. The Hall–Kier alpha value is -2.97. The summed E-state index contributed by atoms with van der Waals surface area (Å²) in [6.07, 6.45) is 7.97. The van der Waals surface area contributed by atoms with Crippen LogP contribution in [0.2, 0.25) is 0 Å². The van der Waals surface area contributed by atoms with Crippen molar-refractivity contribution < 1.29 is 17.7 Å². The van der Waals surface area contributed by atoms with E-state index in [-0.39, 0.29) is 18.7 Å². The molecule has 0 saturated carbocycles. The fourth-order valence-electron chi connectivity index (χ4n) is 4.66. The number of fused-ring (bicyclic) bond motifs is 2. The Labute approximate surface area is 207 Å². The zero-order valence-electron chi connectivity index (χ0n) is 20.4. The average molecular weight is 496 g/mol. The number of benzene rings is 2. The molecule has 0 bridgehead atoms. The molecule has 1 unspecified atom stereocenters. The molecular weight excluding hydrogens is 462 g/mol.